The van der Waals surface area contributed by atoms with Gasteiger partial charge in [0.25, 0.3) is 5.56 Å². The number of thiazole rings is 1. The summed E-state index contributed by atoms with van der Waals surface area (Å²) in [7, 11) is 0. The van der Waals surface area contributed by atoms with Gasteiger partial charge in [-0.05, 0) is 13.8 Å². The number of aryl methyl sites for hydroxylation is 1. The van der Waals surface area contributed by atoms with Crippen molar-refractivity contribution in [1.29, 1.82) is 0 Å². The molecule has 0 saturated heterocycles. The first kappa shape index (κ1) is 15.2. The van der Waals surface area contributed by atoms with Crippen LogP contribution in [0, 0.1) is 6.92 Å². The molecule has 0 aliphatic rings. The first-order chi connectivity index (χ1) is 9.99. The summed E-state index contributed by atoms with van der Waals surface area (Å²) in [6.45, 7) is 3.85. The van der Waals surface area contributed by atoms with Crippen LogP contribution in [0.1, 0.15) is 29.0 Å². The minimum absolute atomic E-state index is 0.0510. The number of ether oxygens (including phenoxy) is 1. The molecule has 0 aromatic carbocycles. The monoisotopic (exact) mass is 308 g/mol. The van der Waals surface area contributed by atoms with Crippen LogP contribution in [0.4, 0.5) is 5.82 Å². The van der Waals surface area contributed by atoms with Gasteiger partial charge >= 0.3 is 5.97 Å². The van der Waals surface area contributed by atoms with Crippen molar-refractivity contribution in [3.63, 3.8) is 0 Å². The second kappa shape index (κ2) is 6.49. The Morgan fingerprint density at radius 2 is 2.24 bits per heavy atom. The molecule has 0 spiro atoms. The van der Waals surface area contributed by atoms with Crippen LogP contribution in [0.2, 0.25) is 0 Å². The highest BCUT2D eigenvalue weighted by atomic mass is 32.1. The summed E-state index contributed by atoms with van der Waals surface area (Å²) in [5, 5.41) is 2.76. The molecule has 0 amide bonds. The Balaban J connectivity index is 2.20. The number of aromatic nitrogens is 3. The van der Waals surface area contributed by atoms with Crippen LogP contribution in [-0.4, -0.2) is 27.5 Å². The van der Waals surface area contributed by atoms with Crippen molar-refractivity contribution in [2.75, 3.05) is 12.3 Å². The number of hydrogen-bond donors (Lipinski definition) is 2. The van der Waals surface area contributed by atoms with E-state index >= 15 is 0 Å². The van der Waals surface area contributed by atoms with Gasteiger partial charge < -0.3 is 15.5 Å². The summed E-state index contributed by atoms with van der Waals surface area (Å²) >= 11 is 1.49. The van der Waals surface area contributed by atoms with E-state index in [2.05, 4.69) is 15.0 Å². The zero-order chi connectivity index (χ0) is 15.4. The Kier molecular flexibility index (Phi) is 4.69. The Hall–Kier alpha value is -2.22. The number of nitrogens with zero attached hydrogens (tertiary/aromatic N) is 2. The number of nitrogens with one attached hydrogen (secondary N) is 1. The van der Waals surface area contributed by atoms with Crippen molar-refractivity contribution in [3.05, 3.63) is 37.8 Å². The summed E-state index contributed by atoms with van der Waals surface area (Å²) in [6, 6.07) is 0. The Morgan fingerprint density at radius 3 is 2.81 bits per heavy atom. The minimum atomic E-state index is -0.500. The molecule has 21 heavy (non-hydrogen) atoms. The number of esters is 1. The lowest BCUT2D eigenvalue weighted by atomic mass is 10.2. The van der Waals surface area contributed by atoms with E-state index in [9.17, 15) is 9.59 Å². The average Bonchev–Trinajstić information content (AvgIpc) is 2.80. The summed E-state index contributed by atoms with van der Waals surface area (Å²) in [6.07, 6.45) is 0.219. The lowest BCUT2D eigenvalue weighted by Gasteiger charge is -2.06. The molecule has 0 unspecified atom stereocenters. The lowest BCUT2D eigenvalue weighted by Crippen LogP contribution is -2.23. The van der Waals surface area contributed by atoms with Gasteiger partial charge in [0.1, 0.15) is 16.6 Å². The molecule has 7 nitrogen and oxygen atoms in total. The summed E-state index contributed by atoms with van der Waals surface area (Å²) < 4.78 is 4.80. The van der Waals surface area contributed by atoms with E-state index in [1.165, 1.54) is 11.3 Å². The van der Waals surface area contributed by atoms with E-state index in [1.807, 2.05) is 12.3 Å². The number of H-pyrrole nitrogens is 1. The number of aromatic amines is 1. The number of nitrogens with two attached hydrogens (primary N) is 1. The second-order valence-corrected chi connectivity index (χ2v) is 5.36. The molecule has 0 aliphatic carbocycles. The second-order valence-electron chi connectivity index (χ2n) is 4.42. The van der Waals surface area contributed by atoms with Gasteiger partial charge in [-0.2, -0.15) is 0 Å². The Bertz CT molecular complexity index is 708. The lowest BCUT2D eigenvalue weighted by molar-refractivity contribution is -0.142. The molecule has 2 heterocycles. The maximum atomic E-state index is 12.0. The van der Waals surface area contributed by atoms with Gasteiger partial charge in [-0.25, -0.2) is 9.97 Å². The third-order valence-electron chi connectivity index (χ3n) is 2.71. The minimum Gasteiger partial charge on any atom is -0.466 e. The topological polar surface area (TPSA) is 111 Å². The van der Waals surface area contributed by atoms with Crippen molar-refractivity contribution in [1.82, 2.24) is 15.0 Å². The van der Waals surface area contributed by atoms with E-state index in [1.54, 1.807) is 6.92 Å². The van der Waals surface area contributed by atoms with Gasteiger partial charge in [-0.1, -0.05) is 0 Å². The molecule has 0 radical (unpaired) electrons. The van der Waals surface area contributed by atoms with Crippen LogP contribution in [0.3, 0.4) is 0 Å². The number of rotatable bonds is 5. The molecule has 2 aromatic heterocycles. The van der Waals surface area contributed by atoms with Crippen molar-refractivity contribution >= 4 is 23.1 Å². The van der Waals surface area contributed by atoms with E-state index in [0.717, 1.165) is 10.7 Å². The number of carbonyl (C=O) groups is 1. The largest absolute Gasteiger partial charge is 0.466 e. The molecule has 0 aliphatic heterocycles. The van der Waals surface area contributed by atoms with E-state index < -0.39 is 11.5 Å². The molecule has 2 aromatic rings. The van der Waals surface area contributed by atoms with E-state index in [4.69, 9.17) is 10.5 Å². The summed E-state index contributed by atoms with van der Waals surface area (Å²) in [4.78, 5) is 34.5. The van der Waals surface area contributed by atoms with Gasteiger partial charge in [0.15, 0.2) is 0 Å². The maximum absolute atomic E-state index is 12.0. The third kappa shape index (κ3) is 3.88. The Morgan fingerprint density at radius 1 is 1.48 bits per heavy atom. The van der Waals surface area contributed by atoms with Gasteiger partial charge in [0, 0.05) is 11.1 Å². The molecule has 0 atom stereocenters. The van der Waals surface area contributed by atoms with Crippen LogP contribution >= 0.6 is 11.3 Å². The standard InChI is InChI=1S/C13H16N4O3S/c1-3-20-11(18)4-8-12(14)16-9(17-13(8)19)5-10-15-7(2)6-21-10/h6H,3-5H2,1-2H3,(H3,14,16,17,19). The SMILES string of the molecule is CCOC(=O)Cc1c(N)nc(Cc2nc(C)cs2)[nH]c1=O. The first-order valence-corrected chi connectivity index (χ1v) is 7.31. The predicted octanol–water partition coefficient (Wildman–Crippen LogP) is 0.813. The highest BCUT2D eigenvalue weighted by Gasteiger charge is 2.14. The zero-order valence-corrected chi connectivity index (χ0v) is 12.6. The fraction of sp³-hybridized carbons (Fsp3) is 0.385. The van der Waals surface area contributed by atoms with E-state index in [0.29, 0.717) is 12.2 Å². The van der Waals surface area contributed by atoms with E-state index in [-0.39, 0.29) is 24.4 Å². The predicted molar refractivity (Wildman–Crippen MR) is 79.3 cm³/mol. The molecule has 112 valence electrons. The zero-order valence-electron chi connectivity index (χ0n) is 11.8. The molecule has 8 heteroatoms. The van der Waals surface area contributed by atoms with Crippen molar-refractivity contribution in [2.45, 2.75) is 26.7 Å². The normalized spacial score (nSPS) is 10.6. The summed E-state index contributed by atoms with van der Waals surface area (Å²) in [5.74, 6) is -0.0191. The van der Waals surface area contributed by atoms with Gasteiger partial charge in [-0.15, -0.1) is 11.3 Å². The number of hydrogen-bond acceptors (Lipinski definition) is 7. The highest BCUT2D eigenvalue weighted by Crippen LogP contribution is 2.13. The molecule has 0 bridgehead atoms. The van der Waals surface area contributed by atoms with Crippen LogP contribution in [0.25, 0.3) is 0 Å². The number of carbonyl (C=O) groups excluding carboxylic acids is 1. The van der Waals surface area contributed by atoms with Gasteiger partial charge in [0.05, 0.1) is 25.0 Å². The van der Waals surface area contributed by atoms with Crippen LogP contribution in [0.5, 0.6) is 0 Å². The fourth-order valence-electron chi connectivity index (χ4n) is 1.80. The molecule has 0 saturated carbocycles. The van der Waals surface area contributed by atoms with Crippen LogP contribution in [-0.2, 0) is 22.4 Å². The van der Waals surface area contributed by atoms with Crippen molar-refractivity contribution < 1.29 is 9.53 Å². The highest BCUT2D eigenvalue weighted by molar-refractivity contribution is 7.09. The van der Waals surface area contributed by atoms with Crippen molar-refractivity contribution in [2.24, 2.45) is 0 Å². The van der Waals surface area contributed by atoms with Crippen molar-refractivity contribution in [3.8, 4) is 0 Å². The molecule has 3 N–H and O–H groups in total. The maximum Gasteiger partial charge on any atom is 0.310 e. The smallest absolute Gasteiger partial charge is 0.310 e. The number of anilines is 1. The molecule has 0 fully saturated rings. The molecular weight excluding hydrogens is 292 g/mol. The molecular formula is C13H16N4O3S. The van der Waals surface area contributed by atoms with Crippen LogP contribution in [0.15, 0.2) is 10.2 Å². The fourth-order valence-corrected chi connectivity index (χ4v) is 2.58. The van der Waals surface area contributed by atoms with Gasteiger partial charge in [-0.3, -0.25) is 9.59 Å². The third-order valence-corrected chi connectivity index (χ3v) is 3.67. The van der Waals surface area contributed by atoms with Gasteiger partial charge in [0.2, 0.25) is 0 Å². The summed E-state index contributed by atoms with van der Waals surface area (Å²) in [5.41, 5.74) is 6.40. The Labute approximate surface area is 125 Å². The number of nitrogen functional groups attached to an aromatic ring is 1. The quantitative estimate of drug-likeness (QED) is 0.791. The average molecular weight is 308 g/mol. The van der Waals surface area contributed by atoms with Crippen LogP contribution < -0.4 is 11.3 Å². The molecule has 2 rings (SSSR count). The first-order valence-electron chi connectivity index (χ1n) is 6.43.